The summed E-state index contributed by atoms with van der Waals surface area (Å²) in [5.41, 5.74) is -0.0204. The first kappa shape index (κ1) is 14.6. The molecule has 0 aliphatic rings. The molecule has 0 unspecified atom stereocenters. The van der Waals surface area contributed by atoms with Gasteiger partial charge in [0.1, 0.15) is 23.0 Å². The molecule has 0 saturated heterocycles. The second kappa shape index (κ2) is 6.09. The molecule has 104 valence electrons. The molecule has 1 amide bonds. The summed E-state index contributed by atoms with van der Waals surface area (Å²) in [5, 5.41) is 2.38. The molecule has 0 saturated carbocycles. The number of carbonyl (C=O) groups excluding carboxylic acids is 1. The third-order valence-electron chi connectivity index (χ3n) is 2.60. The van der Waals surface area contributed by atoms with E-state index in [1.54, 1.807) is 24.3 Å². The van der Waals surface area contributed by atoms with Gasteiger partial charge in [-0.3, -0.25) is 4.79 Å². The highest BCUT2D eigenvalue weighted by Crippen LogP contribution is 2.15. The molecule has 0 bridgehead atoms. The summed E-state index contributed by atoms with van der Waals surface area (Å²) in [7, 11) is 0. The topological polar surface area (TPSA) is 29.1 Å². The van der Waals surface area contributed by atoms with Gasteiger partial charge in [0.25, 0.3) is 5.91 Å². The van der Waals surface area contributed by atoms with Crippen molar-refractivity contribution in [2.75, 3.05) is 0 Å². The van der Waals surface area contributed by atoms with Crippen LogP contribution in [0.25, 0.3) is 0 Å². The van der Waals surface area contributed by atoms with Gasteiger partial charge in [0.15, 0.2) is 0 Å². The van der Waals surface area contributed by atoms with Gasteiger partial charge in [0, 0.05) is 23.2 Å². The smallest absolute Gasteiger partial charge is 0.257 e. The molecule has 2 aromatic rings. The second-order valence-electron chi connectivity index (χ2n) is 4.05. The predicted molar refractivity (Wildman–Crippen MR) is 71.6 cm³/mol. The summed E-state index contributed by atoms with van der Waals surface area (Å²) >= 11 is 3.27. The van der Waals surface area contributed by atoms with Gasteiger partial charge in [-0.05, 0) is 17.7 Å². The molecule has 2 rings (SSSR count). The number of carbonyl (C=O) groups is 1. The van der Waals surface area contributed by atoms with Crippen LogP contribution in [0.2, 0.25) is 0 Å². The van der Waals surface area contributed by atoms with Gasteiger partial charge < -0.3 is 5.32 Å². The summed E-state index contributed by atoms with van der Waals surface area (Å²) in [6.45, 7) is 0.113. The van der Waals surface area contributed by atoms with E-state index in [0.717, 1.165) is 10.0 Å². The Morgan fingerprint density at radius 2 is 1.60 bits per heavy atom. The van der Waals surface area contributed by atoms with Crippen molar-refractivity contribution < 1.29 is 18.0 Å². The molecule has 20 heavy (non-hydrogen) atoms. The van der Waals surface area contributed by atoms with Crippen LogP contribution in [0.1, 0.15) is 15.9 Å². The van der Waals surface area contributed by atoms with Crippen LogP contribution < -0.4 is 5.32 Å². The van der Waals surface area contributed by atoms with Crippen LogP contribution in [0, 0.1) is 17.5 Å². The summed E-state index contributed by atoms with van der Waals surface area (Å²) in [5.74, 6) is -4.45. The fourth-order valence-electron chi connectivity index (χ4n) is 1.63. The van der Waals surface area contributed by atoms with Crippen LogP contribution in [-0.4, -0.2) is 5.91 Å². The molecule has 0 spiro atoms. The monoisotopic (exact) mass is 343 g/mol. The summed E-state index contributed by atoms with van der Waals surface area (Å²) < 4.78 is 40.4. The number of benzene rings is 2. The highest BCUT2D eigenvalue weighted by Gasteiger charge is 2.18. The number of halogens is 4. The second-order valence-corrected chi connectivity index (χ2v) is 4.97. The van der Waals surface area contributed by atoms with E-state index >= 15 is 0 Å². The van der Waals surface area contributed by atoms with E-state index in [4.69, 9.17) is 0 Å². The Labute approximate surface area is 121 Å². The van der Waals surface area contributed by atoms with E-state index in [0.29, 0.717) is 12.1 Å². The van der Waals surface area contributed by atoms with Crippen LogP contribution in [-0.2, 0) is 6.54 Å². The molecule has 0 radical (unpaired) electrons. The largest absolute Gasteiger partial charge is 0.348 e. The van der Waals surface area contributed by atoms with E-state index in [1.807, 2.05) is 0 Å². The molecular weight excluding hydrogens is 335 g/mol. The van der Waals surface area contributed by atoms with E-state index in [9.17, 15) is 18.0 Å². The molecular formula is C14H9BrF3NO. The van der Waals surface area contributed by atoms with Crippen LogP contribution in [0.4, 0.5) is 13.2 Å². The van der Waals surface area contributed by atoms with Crippen LogP contribution in [0.5, 0.6) is 0 Å². The molecule has 0 heterocycles. The van der Waals surface area contributed by atoms with Gasteiger partial charge in [-0.1, -0.05) is 28.1 Å². The van der Waals surface area contributed by atoms with Crippen molar-refractivity contribution in [3.05, 3.63) is 69.4 Å². The lowest BCUT2D eigenvalue weighted by Gasteiger charge is -2.07. The number of rotatable bonds is 3. The molecule has 2 aromatic carbocycles. The van der Waals surface area contributed by atoms with Crippen molar-refractivity contribution in [1.29, 1.82) is 0 Å². The fraction of sp³-hybridized carbons (Fsp3) is 0.0714. The van der Waals surface area contributed by atoms with Gasteiger partial charge in [-0.2, -0.15) is 0 Å². The minimum Gasteiger partial charge on any atom is -0.348 e. The normalized spacial score (nSPS) is 10.4. The minimum atomic E-state index is -1.23. The number of amides is 1. The number of hydrogen-bond acceptors (Lipinski definition) is 1. The lowest BCUT2D eigenvalue weighted by Crippen LogP contribution is -2.25. The molecule has 1 N–H and O–H groups in total. The first-order valence-electron chi connectivity index (χ1n) is 5.64. The third kappa shape index (κ3) is 3.39. The Morgan fingerprint density at radius 1 is 1.05 bits per heavy atom. The average molecular weight is 344 g/mol. The van der Waals surface area contributed by atoms with Crippen molar-refractivity contribution in [1.82, 2.24) is 5.32 Å². The van der Waals surface area contributed by atoms with Gasteiger partial charge in [0.2, 0.25) is 0 Å². The van der Waals surface area contributed by atoms with Crippen molar-refractivity contribution >= 4 is 21.8 Å². The molecule has 2 nitrogen and oxygen atoms in total. The average Bonchev–Trinajstić information content (AvgIpc) is 2.37. The zero-order valence-electron chi connectivity index (χ0n) is 10.1. The maximum absolute atomic E-state index is 13.4. The Morgan fingerprint density at radius 3 is 2.15 bits per heavy atom. The van der Waals surface area contributed by atoms with Gasteiger partial charge in [-0.15, -0.1) is 0 Å². The first-order valence-corrected chi connectivity index (χ1v) is 6.44. The Bertz CT molecular complexity index is 620. The zero-order chi connectivity index (χ0) is 14.7. The van der Waals surface area contributed by atoms with Crippen molar-refractivity contribution in [2.45, 2.75) is 6.54 Å². The summed E-state index contributed by atoms with van der Waals surface area (Å²) in [6, 6.07) is 8.00. The molecule has 6 heteroatoms. The van der Waals surface area contributed by atoms with Crippen LogP contribution in [0.3, 0.4) is 0 Å². The number of nitrogens with one attached hydrogen (secondary N) is 1. The van der Waals surface area contributed by atoms with E-state index in [2.05, 4.69) is 21.2 Å². The third-order valence-corrected chi connectivity index (χ3v) is 3.13. The van der Waals surface area contributed by atoms with Crippen molar-refractivity contribution in [2.24, 2.45) is 0 Å². The minimum absolute atomic E-state index is 0.113. The van der Waals surface area contributed by atoms with Crippen molar-refractivity contribution in [3.63, 3.8) is 0 Å². The molecule has 0 atom stereocenters. The standard InChI is InChI=1S/C14H9BrF3NO/c15-9-3-1-8(2-4-9)7-19-14(20)13-11(17)5-10(16)6-12(13)18/h1-6H,7H2,(H,19,20). The predicted octanol–water partition coefficient (Wildman–Crippen LogP) is 3.80. The molecule has 0 fully saturated rings. The van der Waals surface area contributed by atoms with E-state index in [-0.39, 0.29) is 6.54 Å². The van der Waals surface area contributed by atoms with Crippen LogP contribution in [0.15, 0.2) is 40.9 Å². The Kier molecular flexibility index (Phi) is 4.44. The van der Waals surface area contributed by atoms with Gasteiger partial charge in [-0.25, -0.2) is 13.2 Å². The number of hydrogen-bond donors (Lipinski definition) is 1. The molecule has 0 aliphatic heterocycles. The van der Waals surface area contributed by atoms with Crippen molar-refractivity contribution in [3.8, 4) is 0 Å². The zero-order valence-corrected chi connectivity index (χ0v) is 11.7. The lowest BCUT2D eigenvalue weighted by atomic mass is 10.1. The van der Waals surface area contributed by atoms with E-state index < -0.39 is 28.9 Å². The SMILES string of the molecule is O=C(NCc1ccc(Br)cc1)c1c(F)cc(F)cc1F. The maximum Gasteiger partial charge on any atom is 0.257 e. The maximum atomic E-state index is 13.4. The highest BCUT2D eigenvalue weighted by atomic mass is 79.9. The lowest BCUT2D eigenvalue weighted by molar-refractivity contribution is 0.0942. The summed E-state index contributed by atoms with van der Waals surface area (Å²) in [6.07, 6.45) is 0. The van der Waals surface area contributed by atoms with E-state index in [1.165, 1.54) is 0 Å². The van der Waals surface area contributed by atoms with Gasteiger partial charge >= 0.3 is 0 Å². The first-order chi connectivity index (χ1) is 9.47. The summed E-state index contributed by atoms with van der Waals surface area (Å²) in [4.78, 5) is 11.7. The van der Waals surface area contributed by atoms with Crippen LogP contribution >= 0.6 is 15.9 Å². The Balaban J connectivity index is 2.11. The quantitative estimate of drug-likeness (QED) is 0.902. The fourth-order valence-corrected chi connectivity index (χ4v) is 1.90. The Hall–Kier alpha value is -1.82. The molecule has 0 aromatic heterocycles. The van der Waals surface area contributed by atoms with Gasteiger partial charge in [0.05, 0.1) is 0 Å². The molecule has 0 aliphatic carbocycles. The highest BCUT2D eigenvalue weighted by molar-refractivity contribution is 9.10.